The molecule has 88 valence electrons. The highest BCUT2D eigenvalue weighted by Crippen LogP contribution is 2.21. The van der Waals surface area contributed by atoms with Gasteiger partial charge in [0.1, 0.15) is 0 Å². The molecule has 1 aromatic carbocycles. The molecule has 0 saturated carbocycles. The molecule has 0 aromatic heterocycles. The SMILES string of the molecule is COC(=O)c1ccc(Cl)cc1NCCCN. The molecule has 0 saturated heterocycles. The van der Waals surface area contributed by atoms with Crippen LogP contribution in [0.1, 0.15) is 16.8 Å². The van der Waals surface area contributed by atoms with Crippen LogP contribution < -0.4 is 11.1 Å². The molecule has 0 atom stereocenters. The molecular weight excluding hydrogens is 228 g/mol. The third-order valence-corrected chi connectivity index (χ3v) is 2.32. The average Bonchev–Trinajstić information content (AvgIpc) is 2.29. The number of carbonyl (C=O) groups is 1. The normalized spacial score (nSPS) is 9.94. The zero-order valence-corrected chi connectivity index (χ0v) is 9.88. The lowest BCUT2D eigenvalue weighted by molar-refractivity contribution is 0.0602. The minimum absolute atomic E-state index is 0.382. The second-order valence-corrected chi connectivity index (χ2v) is 3.69. The van der Waals surface area contributed by atoms with Crippen molar-refractivity contribution in [3.63, 3.8) is 0 Å². The fourth-order valence-corrected chi connectivity index (χ4v) is 1.45. The van der Waals surface area contributed by atoms with Crippen molar-refractivity contribution in [1.29, 1.82) is 0 Å². The number of esters is 1. The molecule has 0 aliphatic heterocycles. The monoisotopic (exact) mass is 242 g/mol. The number of carbonyl (C=O) groups excluding carboxylic acids is 1. The number of methoxy groups -OCH3 is 1. The molecule has 0 unspecified atom stereocenters. The van der Waals surface area contributed by atoms with Crippen LogP contribution in [0.2, 0.25) is 5.02 Å². The summed E-state index contributed by atoms with van der Waals surface area (Å²) in [5.74, 6) is -0.382. The molecule has 0 heterocycles. The highest BCUT2D eigenvalue weighted by atomic mass is 35.5. The Hall–Kier alpha value is -1.26. The number of hydrogen-bond donors (Lipinski definition) is 2. The maximum atomic E-state index is 11.4. The van der Waals surface area contributed by atoms with Gasteiger partial charge in [0.2, 0.25) is 0 Å². The first-order valence-corrected chi connectivity index (χ1v) is 5.38. The third-order valence-electron chi connectivity index (χ3n) is 2.08. The summed E-state index contributed by atoms with van der Waals surface area (Å²) >= 11 is 5.86. The summed E-state index contributed by atoms with van der Waals surface area (Å²) in [7, 11) is 1.35. The molecule has 0 amide bonds. The van der Waals surface area contributed by atoms with Crippen molar-refractivity contribution in [1.82, 2.24) is 0 Å². The van der Waals surface area contributed by atoms with E-state index in [4.69, 9.17) is 17.3 Å². The van der Waals surface area contributed by atoms with Crippen molar-refractivity contribution in [2.75, 3.05) is 25.5 Å². The number of benzene rings is 1. The number of nitrogens with two attached hydrogens (primary N) is 1. The molecule has 0 fully saturated rings. The Kier molecular flexibility index (Phi) is 5.08. The number of ether oxygens (including phenoxy) is 1. The van der Waals surface area contributed by atoms with E-state index in [1.165, 1.54) is 7.11 Å². The largest absolute Gasteiger partial charge is 0.465 e. The first-order valence-electron chi connectivity index (χ1n) is 5.01. The summed E-state index contributed by atoms with van der Waals surface area (Å²) < 4.78 is 4.68. The zero-order valence-electron chi connectivity index (χ0n) is 9.13. The van der Waals surface area contributed by atoms with Gasteiger partial charge < -0.3 is 15.8 Å². The topological polar surface area (TPSA) is 64.3 Å². The van der Waals surface area contributed by atoms with Gasteiger partial charge in [-0.15, -0.1) is 0 Å². The van der Waals surface area contributed by atoms with Gasteiger partial charge in [-0.25, -0.2) is 4.79 Å². The second-order valence-electron chi connectivity index (χ2n) is 3.25. The molecule has 5 heteroatoms. The van der Waals surface area contributed by atoms with E-state index in [0.717, 1.165) is 6.42 Å². The zero-order chi connectivity index (χ0) is 12.0. The maximum absolute atomic E-state index is 11.4. The summed E-state index contributed by atoms with van der Waals surface area (Å²) in [5.41, 5.74) is 6.54. The van der Waals surface area contributed by atoms with E-state index < -0.39 is 0 Å². The molecule has 0 radical (unpaired) electrons. The lowest BCUT2D eigenvalue weighted by atomic mass is 10.1. The highest BCUT2D eigenvalue weighted by Gasteiger charge is 2.11. The minimum atomic E-state index is -0.382. The van der Waals surface area contributed by atoms with E-state index in [-0.39, 0.29) is 5.97 Å². The van der Waals surface area contributed by atoms with E-state index in [9.17, 15) is 4.79 Å². The van der Waals surface area contributed by atoms with E-state index in [2.05, 4.69) is 10.1 Å². The number of halogens is 1. The Morgan fingerprint density at radius 3 is 2.94 bits per heavy atom. The number of nitrogens with one attached hydrogen (secondary N) is 1. The fraction of sp³-hybridized carbons (Fsp3) is 0.364. The van der Waals surface area contributed by atoms with Gasteiger partial charge in [-0.05, 0) is 31.2 Å². The van der Waals surface area contributed by atoms with Gasteiger partial charge in [0, 0.05) is 11.6 Å². The number of anilines is 1. The second kappa shape index (κ2) is 6.35. The van der Waals surface area contributed by atoms with E-state index in [0.29, 0.717) is 29.4 Å². The van der Waals surface area contributed by atoms with E-state index in [1.807, 2.05) is 0 Å². The van der Waals surface area contributed by atoms with Crippen LogP contribution in [-0.2, 0) is 4.74 Å². The Morgan fingerprint density at radius 2 is 2.31 bits per heavy atom. The van der Waals surface area contributed by atoms with Crippen molar-refractivity contribution in [3.05, 3.63) is 28.8 Å². The Labute approximate surface area is 99.7 Å². The maximum Gasteiger partial charge on any atom is 0.339 e. The fourth-order valence-electron chi connectivity index (χ4n) is 1.28. The van der Waals surface area contributed by atoms with Gasteiger partial charge in [-0.1, -0.05) is 11.6 Å². The predicted octanol–water partition coefficient (Wildman–Crippen LogP) is 1.89. The van der Waals surface area contributed by atoms with Gasteiger partial charge in [0.25, 0.3) is 0 Å². The first kappa shape index (κ1) is 12.8. The van der Waals surface area contributed by atoms with Gasteiger partial charge >= 0.3 is 5.97 Å². The molecule has 1 aromatic rings. The molecule has 1 rings (SSSR count). The molecule has 0 spiro atoms. The first-order chi connectivity index (χ1) is 7.69. The Morgan fingerprint density at radius 1 is 1.56 bits per heavy atom. The highest BCUT2D eigenvalue weighted by molar-refractivity contribution is 6.31. The summed E-state index contributed by atoms with van der Waals surface area (Å²) in [6.45, 7) is 1.29. The minimum Gasteiger partial charge on any atom is -0.465 e. The molecule has 0 bridgehead atoms. The van der Waals surface area contributed by atoms with Crippen LogP contribution in [-0.4, -0.2) is 26.2 Å². The molecule has 4 nitrogen and oxygen atoms in total. The van der Waals surface area contributed by atoms with Crippen LogP contribution >= 0.6 is 11.6 Å². The molecular formula is C11H15ClN2O2. The Balaban J connectivity index is 2.85. The average molecular weight is 243 g/mol. The van der Waals surface area contributed by atoms with Gasteiger partial charge in [0.15, 0.2) is 0 Å². The van der Waals surface area contributed by atoms with Gasteiger partial charge in [0.05, 0.1) is 18.4 Å². The number of hydrogen-bond acceptors (Lipinski definition) is 4. The van der Waals surface area contributed by atoms with Gasteiger partial charge in [-0.2, -0.15) is 0 Å². The standard InChI is InChI=1S/C11H15ClN2O2/c1-16-11(15)9-4-3-8(12)7-10(9)14-6-2-5-13/h3-4,7,14H,2,5-6,13H2,1H3. The van der Waals surface area contributed by atoms with Crippen molar-refractivity contribution in [2.45, 2.75) is 6.42 Å². The lowest BCUT2D eigenvalue weighted by Gasteiger charge is -2.10. The van der Waals surface area contributed by atoms with Crippen LogP contribution in [0.4, 0.5) is 5.69 Å². The third kappa shape index (κ3) is 3.40. The van der Waals surface area contributed by atoms with Crippen LogP contribution in [0.25, 0.3) is 0 Å². The summed E-state index contributed by atoms with van der Waals surface area (Å²) in [5, 5.41) is 3.68. The Bertz CT molecular complexity index is 369. The van der Waals surface area contributed by atoms with Crippen LogP contribution in [0.15, 0.2) is 18.2 Å². The molecule has 3 N–H and O–H groups in total. The van der Waals surface area contributed by atoms with Crippen molar-refractivity contribution < 1.29 is 9.53 Å². The van der Waals surface area contributed by atoms with E-state index in [1.54, 1.807) is 18.2 Å². The van der Waals surface area contributed by atoms with Crippen molar-refractivity contribution >= 4 is 23.3 Å². The molecule has 16 heavy (non-hydrogen) atoms. The molecule has 0 aliphatic carbocycles. The summed E-state index contributed by atoms with van der Waals surface area (Å²) in [6, 6.07) is 4.99. The smallest absolute Gasteiger partial charge is 0.339 e. The van der Waals surface area contributed by atoms with Crippen LogP contribution in [0.5, 0.6) is 0 Å². The van der Waals surface area contributed by atoms with Crippen LogP contribution in [0.3, 0.4) is 0 Å². The van der Waals surface area contributed by atoms with Crippen molar-refractivity contribution in [2.24, 2.45) is 5.73 Å². The van der Waals surface area contributed by atoms with Crippen LogP contribution in [0, 0.1) is 0 Å². The number of rotatable bonds is 5. The lowest BCUT2D eigenvalue weighted by Crippen LogP contribution is -2.12. The molecule has 0 aliphatic rings. The summed E-state index contributed by atoms with van der Waals surface area (Å²) in [4.78, 5) is 11.4. The van der Waals surface area contributed by atoms with E-state index >= 15 is 0 Å². The van der Waals surface area contributed by atoms with Crippen molar-refractivity contribution in [3.8, 4) is 0 Å². The van der Waals surface area contributed by atoms with Gasteiger partial charge in [-0.3, -0.25) is 0 Å². The quantitative estimate of drug-likeness (QED) is 0.611. The summed E-state index contributed by atoms with van der Waals surface area (Å²) in [6.07, 6.45) is 0.827. The predicted molar refractivity (Wildman–Crippen MR) is 65.0 cm³/mol.